The molecule has 1 heterocycles. The topological polar surface area (TPSA) is 88.2 Å². The van der Waals surface area contributed by atoms with Crippen LogP contribution >= 0.6 is 0 Å². The second kappa shape index (κ2) is 8.67. The Labute approximate surface area is 164 Å². The average Bonchev–Trinajstić information content (AvgIpc) is 2.73. The molecule has 2 aromatic carbocycles. The Bertz CT molecular complexity index is 1040. The van der Waals surface area contributed by atoms with Gasteiger partial charge in [0.05, 0.1) is 17.3 Å². The van der Waals surface area contributed by atoms with Gasteiger partial charge >= 0.3 is 0 Å². The van der Waals surface area contributed by atoms with E-state index in [-0.39, 0.29) is 28.1 Å². The molecule has 3 aromatic rings. The molecule has 28 heavy (non-hydrogen) atoms. The molecule has 1 amide bonds. The van der Waals surface area contributed by atoms with Gasteiger partial charge in [0.25, 0.3) is 15.9 Å². The molecule has 1 aromatic heterocycles. The van der Waals surface area contributed by atoms with Gasteiger partial charge in [0.2, 0.25) is 0 Å². The summed E-state index contributed by atoms with van der Waals surface area (Å²) in [6.45, 7) is 1.98. The number of aromatic nitrogens is 1. The molecular formula is C21H21N3O3S. The largest absolute Gasteiger partial charge is 0.345 e. The van der Waals surface area contributed by atoms with Gasteiger partial charge in [-0.25, -0.2) is 8.42 Å². The summed E-state index contributed by atoms with van der Waals surface area (Å²) in [5.74, 6) is -0.347. The van der Waals surface area contributed by atoms with E-state index in [4.69, 9.17) is 0 Å². The first kappa shape index (κ1) is 19.6. The Kier molecular flexibility index (Phi) is 6.06. The summed E-state index contributed by atoms with van der Waals surface area (Å²) in [6, 6.07) is 19.0. The molecule has 144 valence electrons. The normalized spacial score (nSPS) is 12.2. The lowest BCUT2D eigenvalue weighted by Gasteiger charge is -2.19. The second-order valence-corrected chi connectivity index (χ2v) is 7.87. The number of amides is 1. The van der Waals surface area contributed by atoms with Crippen LogP contribution in [-0.2, 0) is 10.0 Å². The fourth-order valence-corrected chi connectivity index (χ4v) is 3.87. The molecule has 0 saturated heterocycles. The molecule has 7 heteroatoms. The minimum absolute atomic E-state index is 0.0286. The number of pyridine rings is 1. The van der Waals surface area contributed by atoms with Crippen LogP contribution in [0.4, 0.5) is 5.69 Å². The van der Waals surface area contributed by atoms with Crippen molar-refractivity contribution < 1.29 is 13.2 Å². The van der Waals surface area contributed by atoms with Gasteiger partial charge in [0.15, 0.2) is 0 Å². The lowest BCUT2D eigenvalue weighted by Crippen LogP contribution is -2.29. The fraction of sp³-hybridized carbons (Fsp3) is 0.143. The maximum absolute atomic E-state index is 12.9. The van der Waals surface area contributed by atoms with E-state index in [0.717, 1.165) is 5.56 Å². The quantitative estimate of drug-likeness (QED) is 0.637. The summed E-state index contributed by atoms with van der Waals surface area (Å²) >= 11 is 0. The first-order valence-corrected chi connectivity index (χ1v) is 10.4. The van der Waals surface area contributed by atoms with Gasteiger partial charge in [-0.3, -0.25) is 14.5 Å². The Morgan fingerprint density at radius 2 is 1.71 bits per heavy atom. The van der Waals surface area contributed by atoms with Crippen LogP contribution in [0.3, 0.4) is 0 Å². The highest BCUT2D eigenvalue weighted by Gasteiger charge is 2.20. The Hall–Kier alpha value is -3.19. The van der Waals surface area contributed by atoms with Crippen molar-refractivity contribution in [2.24, 2.45) is 0 Å². The number of nitrogens with zero attached hydrogens (tertiary/aromatic N) is 1. The third-order valence-corrected chi connectivity index (χ3v) is 5.63. The van der Waals surface area contributed by atoms with Gasteiger partial charge in [-0.05, 0) is 36.2 Å². The maximum Gasteiger partial charge on any atom is 0.263 e. The predicted octanol–water partition coefficient (Wildman–Crippen LogP) is 3.76. The van der Waals surface area contributed by atoms with Crippen LogP contribution < -0.4 is 10.0 Å². The minimum atomic E-state index is -3.85. The highest BCUT2D eigenvalue weighted by Crippen LogP contribution is 2.22. The number of anilines is 1. The smallest absolute Gasteiger partial charge is 0.263 e. The highest BCUT2D eigenvalue weighted by molar-refractivity contribution is 7.92. The fourth-order valence-electron chi connectivity index (χ4n) is 2.82. The summed E-state index contributed by atoms with van der Waals surface area (Å²) in [5, 5.41) is 2.98. The monoisotopic (exact) mass is 395 g/mol. The van der Waals surface area contributed by atoms with E-state index in [0.29, 0.717) is 6.42 Å². The standard InChI is InChI=1S/C21H21N3O3S/c1-2-19(16-9-4-3-5-10-16)23-21(25)18-12-6-7-13-20(18)24-28(26,27)17-11-8-14-22-15-17/h3-15,19,24H,2H2,1H3,(H,23,25)/t19-/m0/s1. The summed E-state index contributed by atoms with van der Waals surface area (Å²) in [7, 11) is -3.85. The van der Waals surface area contributed by atoms with Crippen molar-refractivity contribution in [3.05, 3.63) is 90.3 Å². The number of rotatable bonds is 7. The van der Waals surface area contributed by atoms with Crippen molar-refractivity contribution in [1.82, 2.24) is 10.3 Å². The van der Waals surface area contributed by atoms with E-state index < -0.39 is 10.0 Å². The van der Waals surface area contributed by atoms with E-state index >= 15 is 0 Å². The Balaban J connectivity index is 1.85. The van der Waals surface area contributed by atoms with Crippen LogP contribution in [0.25, 0.3) is 0 Å². The van der Waals surface area contributed by atoms with Crippen molar-refractivity contribution in [2.75, 3.05) is 4.72 Å². The van der Waals surface area contributed by atoms with E-state index in [2.05, 4.69) is 15.0 Å². The van der Waals surface area contributed by atoms with Gasteiger partial charge in [-0.2, -0.15) is 0 Å². The first-order valence-electron chi connectivity index (χ1n) is 8.89. The lowest BCUT2D eigenvalue weighted by molar-refractivity contribution is 0.0936. The van der Waals surface area contributed by atoms with E-state index in [9.17, 15) is 13.2 Å². The summed E-state index contributed by atoms with van der Waals surface area (Å²) < 4.78 is 27.7. The molecule has 0 radical (unpaired) electrons. The number of hydrogen-bond acceptors (Lipinski definition) is 4. The number of benzene rings is 2. The zero-order chi connectivity index (χ0) is 20.0. The highest BCUT2D eigenvalue weighted by atomic mass is 32.2. The molecule has 0 saturated carbocycles. The van der Waals surface area contributed by atoms with E-state index in [1.807, 2.05) is 37.3 Å². The summed E-state index contributed by atoms with van der Waals surface area (Å²) in [4.78, 5) is 16.7. The summed E-state index contributed by atoms with van der Waals surface area (Å²) in [6.07, 6.45) is 3.46. The van der Waals surface area contributed by atoms with Crippen molar-refractivity contribution in [1.29, 1.82) is 0 Å². The number of carbonyl (C=O) groups excluding carboxylic acids is 1. The van der Waals surface area contributed by atoms with E-state index in [1.54, 1.807) is 30.3 Å². The number of hydrogen-bond donors (Lipinski definition) is 2. The molecule has 0 unspecified atom stereocenters. The lowest BCUT2D eigenvalue weighted by atomic mass is 10.0. The van der Waals surface area contributed by atoms with E-state index in [1.165, 1.54) is 18.5 Å². The zero-order valence-corrected chi connectivity index (χ0v) is 16.2. The van der Waals surface area contributed by atoms with Gasteiger partial charge in [-0.15, -0.1) is 0 Å². The second-order valence-electron chi connectivity index (χ2n) is 6.18. The molecule has 1 atom stereocenters. The molecule has 0 fully saturated rings. The number of para-hydroxylation sites is 1. The molecule has 0 spiro atoms. The Morgan fingerprint density at radius 3 is 2.39 bits per heavy atom. The van der Waals surface area contributed by atoms with Crippen molar-refractivity contribution in [3.8, 4) is 0 Å². The molecular weight excluding hydrogens is 374 g/mol. The van der Waals surface area contributed by atoms with Crippen LogP contribution in [-0.4, -0.2) is 19.3 Å². The zero-order valence-electron chi connectivity index (χ0n) is 15.4. The molecule has 0 aliphatic heterocycles. The van der Waals surface area contributed by atoms with Gasteiger partial charge < -0.3 is 5.32 Å². The third kappa shape index (κ3) is 4.55. The molecule has 0 aliphatic carbocycles. The minimum Gasteiger partial charge on any atom is -0.345 e. The summed E-state index contributed by atoms with van der Waals surface area (Å²) in [5.41, 5.74) is 1.46. The van der Waals surface area contributed by atoms with Gasteiger partial charge in [-0.1, -0.05) is 49.4 Å². The van der Waals surface area contributed by atoms with Crippen LogP contribution in [0.2, 0.25) is 0 Å². The van der Waals surface area contributed by atoms with Gasteiger partial charge in [0, 0.05) is 12.4 Å². The van der Waals surface area contributed by atoms with Crippen molar-refractivity contribution in [3.63, 3.8) is 0 Å². The molecule has 0 bridgehead atoms. The van der Waals surface area contributed by atoms with Gasteiger partial charge in [0.1, 0.15) is 4.90 Å². The Morgan fingerprint density at radius 1 is 1.00 bits per heavy atom. The predicted molar refractivity (Wildman–Crippen MR) is 108 cm³/mol. The van der Waals surface area contributed by atoms with Crippen LogP contribution in [0, 0.1) is 0 Å². The van der Waals surface area contributed by atoms with Crippen LogP contribution in [0.15, 0.2) is 84.0 Å². The molecule has 2 N–H and O–H groups in total. The maximum atomic E-state index is 12.9. The number of sulfonamides is 1. The molecule has 0 aliphatic rings. The molecule has 3 rings (SSSR count). The molecule has 6 nitrogen and oxygen atoms in total. The first-order chi connectivity index (χ1) is 13.5. The number of carbonyl (C=O) groups is 1. The van der Waals surface area contributed by atoms with Crippen LogP contribution in [0.5, 0.6) is 0 Å². The third-order valence-electron chi connectivity index (χ3n) is 4.28. The van der Waals surface area contributed by atoms with Crippen molar-refractivity contribution >= 4 is 21.6 Å². The SMILES string of the molecule is CC[C@H](NC(=O)c1ccccc1NS(=O)(=O)c1cccnc1)c1ccccc1. The number of nitrogens with one attached hydrogen (secondary N) is 2. The van der Waals surface area contributed by atoms with Crippen molar-refractivity contribution in [2.45, 2.75) is 24.3 Å². The van der Waals surface area contributed by atoms with Crippen LogP contribution in [0.1, 0.15) is 35.3 Å². The average molecular weight is 395 g/mol.